The molecule has 1 N–H and O–H groups in total. The van der Waals surface area contributed by atoms with E-state index in [1.807, 2.05) is 39.0 Å². The van der Waals surface area contributed by atoms with E-state index in [9.17, 15) is 14.0 Å². The molecule has 4 nitrogen and oxygen atoms in total. The number of benzene rings is 2. The topological polar surface area (TPSA) is 49.4 Å². The van der Waals surface area contributed by atoms with E-state index in [0.717, 1.165) is 11.1 Å². The first-order valence-electron chi connectivity index (χ1n) is 10.4. The number of amides is 2. The van der Waals surface area contributed by atoms with Gasteiger partial charge in [-0.25, -0.2) is 4.39 Å². The van der Waals surface area contributed by atoms with Gasteiger partial charge in [0.05, 0.1) is 0 Å². The maximum absolute atomic E-state index is 13.3. The van der Waals surface area contributed by atoms with E-state index >= 15 is 0 Å². The molecular formula is C24H30ClFN2O2. The maximum atomic E-state index is 13.3. The highest BCUT2D eigenvalue weighted by atomic mass is 35.5. The summed E-state index contributed by atoms with van der Waals surface area (Å²) in [6.07, 6.45) is 1.21. The van der Waals surface area contributed by atoms with Crippen molar-refractivity contribution in [3.8, 4) is 0 Å². The predicted octanol–water partition coefficient (Wildman–Crippen LogP) is 4.99. The van der Waals surface area contributed by atoms with Gasteiger partial charge < -0.3 is 10.2 Å². The van der Waals surface area contributed by atoms with Crippen molar-refractivity contribution in [1.82, 2.24) is 10.2 Å². The summed E-state index contributed by atoms with van der Waals surface area (Å²) in [5.74, 6) is -0.324. The van der Waals surface area contributed by atoms with Crippen LogP contribution in [-0.4, -0.2) is 29.3 Å². The fourth-order valence-electron chi connectivity index (χ4n) is 3.21. The zero-order valence-corrected chi connectivity index (χ0v) is 18.6. The number of carbonyl (C=O) groups excluding carboxylic acids is 2. The molecule has 30 heavy (non-hydrogen) atoms. The van der Waals surface area contributed by atoms with Gasteiger partial charge in [0.15, 0.2) is 0 Å². The number of aryl methyl sites for hydroxylation is 1. The fourth-order valence-corrected chi connectivity index (χ4v) is 3.45. The Bertz CT molecular complexity index is 839. The number of carbonyl (C=O) groups is 2. The summed E-state index contributed by atoms with van der Waals surface area (Å²) in [5, 5.41) is 3.55. The Balaban J connectivity index is 2.19. The Kier molecular flexibility index (Phi) is 9.31. The first kappa shape index (κ1) is 23.9. The van der Waals surface area contributed by atoms with E-state index in [1.54, 1.807) is 23.1 Å². The molecule has 0 heterocycles. The van der Waals surface area contributed by atoms with Crippen molar-refractivity contribution in [1.29, 1.82) is 0 Å². The van der Waals surface area contributed by atoms with E-state index in [-0.39, 0.29) is 30.6 Å². The molecule has 0 aliphatic rings. The highest BCUT2D eigenvalue weighted by Crippen LogP contribution is 2.19. The first-order valence-corrected chi connectivity index (χ1v) is 10.7. The van der Waals surface area contributed by atoms with Crippen molar-refractivity contribution in [2.24, 2.45) is 5.92 Å². The van der Waals surface area contributed by atoms with E-state index in [4.69, 9.17) is 11.6 Å². The van der Waals surface area contributed by atoms with Crippen molar-refractivity contribution in [3.63, 3.8) is 0 Å². The second-order valence-electron chi connectivity index (χ2n) is 7.80. The van der Waals surface area contributed by atoms with Crippen LogP contribution in [0.2, 0.25) is 5.02 Å². The summed E-state index contributed by atoms with van der Waals surface area (Å²) in [6, 6.07) is 12.8. The predicted molar refractivity (Wildman–Crippen MR) is 119 cm³/mol. The molecule has 6 heteroatoms. The molecule has 162 valence electrons. The summed E-state index contributed by atoms with van der Waals surface area (Å²) in [4.78, 5) is 27.6. The number of hydrogen-bond acceptors (Lipinski definition) is 2. The maximum Gasteiger partial charge on any atom is 0.242 e. The van der Waals surface area contributed by atoms with E-state index in [1.165, 1.54) is 12.1 Å². The molecule has 0 aliphatic carbocycles. The minimum atomic E-state index is -0.590. The van der Waals surface area contributed by atoms with Crippen LogP contribution < -0.4 is 5.32 Å². The van der Waals surface area contributed by atoms with Crippen molar-refractivity contribution in [2.75, 3.05) is 6.54 Å². The number of nitrogens with zero attached hydrogens (tertiary/aromatic N) is 1. The minimum Gasteiger partial charge on any atom is -0.354 e. The standard InChI is InChI=1S/C24H30ClFN2O2/c1-4-22(24(30)27-15-17(2)3)28(16-18-9-12-20(26)13-10-18)23(29)14-11-19-7-5-6-8-21(19)25/h5-10,12-13,17,22H,4,11,14-16H2,1-3H3,(H,27,30). The quantitative estimate of drug-likeness (QED) is 0.574. The third-order valence-electron chi connectivity index (χ3n) is 4.90. The summed E-state index contributed by atoms with van der Waals surface area (Å²) in [7, 11) is 0. The van der Waals surface area contributed by atoms with Crippen LogP contribution in [0.1, 0.15) is 44.7 Å². The van der Waals surface area contributed by atoms with E-state index in [0.29, 0.717) is 30.3 Å². The largest absolute Gasteiger partial charge is 0.354 e. The van der Waals surface area contributed by atoms with Crippen LogP contribution in [0.4, 0.5) is 4.39 Å². The molecule has 1 unspecified atom stereocenters. The molecule has 0 aliphatic heterocycles. The molecule has 0 spiro atoms. The van der Waals surface area contributed by atoms with Crippen LogP contribution in [0.5, 0.6) is 0 Å². The van der Waals surface area contributed by atoms with Crippen LogP contribution in [0.15, 0.2) is 48.5 Å². The molecule has 0 radical (unpaired) electrons. The highest BCUT2D eigenvalue weighted by Gasteiger charge is 2.28. The van der Waals surface area contributed by atoms with Crippen LogP contribution in [-0.2, 0) is 22.6 Å². The van der Waals surface area contributed by atoms with Gasteiger partial charge in [0.25, 0.3) is 0 Å². The Morgan fingerprint density at radius 1 is 1.10 bits per heavy atom. The molecule has 0 bridgehead atoms. The monoisotopic (exact) mass is 432 g/mol. The highest BCUT2D eigenvalue weighted by molar-refractivity contribution is 6.31. The molecule has 0 saturated heterocycles. The molecular weight excluding hydrogens is 403 g/mol. The molecule has 0 aromatic heterocycles. The third kappa shape index (κ3) is 7.13. The van der Waals surface area contributed by atoms with E-state index < -0.39 is 6.04 Å². The summed E-state index contributed by atoms with van der Waals surface area (Å²) in [5.41, 5.74) is 1.67. The van der Waals surface area contributed by atoms with Crippen molar-refractivity contribution in [3.05, 3.63) is 70.5 Å². The number of rotatable bonds is 10. The van der Waals surface area contributed by atoms with Crippen LogP contribution >= 0.6 is 11.6 Å². The fraction of sp³-hybridized carbons (Fsp3) is 0.417. The number of nitrogens with one attached hydrogen (secondary N) is 1. The van der Waals surface area contributed by atoms with Crippen molar-refractivity contribution < 1.29 is 14.0 Å². The zero-order valence-electron chi connectivity index (χ0n) is 17.8. The van der Waals surface area contributed by atoms with Crippen LogP contribution in [0.3, 0.4) is 0 Å². The Labute approximate surface area is 183 Å². The Morgan fingerprint density at radius 3 is 2.37 bits per heavy atom. The van der Waals surface area contributed by atoms with Gasteiger partial charge in [-0.1, -0.05) is 62.7 Å². The van der Waals surface area contributed by atoms with Gasteiger partial charge in [-0.3, -0.25) is 9.59 Å². The number of halogens is 2. The SMILES string of the molecule is CCC(C(=O)NCC(C)C)N(Cc1ccc(F)cc1)C(=O)CCc1ccccc1Cl. The van der Waals surface area contributed by atoms with Gasteiger partial charge in [-0.15, -0.1) is 0 Å². The minimum absolute atomic E-state index is 0.134. The number of hydrogen-bond donors (Lipinski definition) is 1. The zero-order chi connectivity index (χ0) is 22.1. The van der Waals surface area contributed by atoms with Gasteiger partial charge in [0, 0.05) is 24.5 Å². The molecule has 0 fully saturated rings. The van der Waals surface area contributed by atoms with Crippen LogP contribution in [0, 0.1) is 11.7 Å². The Morgan fingerprint density at radius 2 is 1.77 bits per heavy atom. The first-order chi connectivity index (χ1) is 14.3. The lowest BCUT2D eigenvalue weighted by molar-refractivity contribution is -0.141. The average molecular weight is 433 g/mol. The van der Waals surface area contributed by atoms with Crippen molar-refractivity contribution >= 4 is 23.4 Å². The molecule has 2 aromatic carbocycles. The van der Waals surface area contributed by atoms with Gasteiger partial charge in [0.2, 0.25) is 11.8 Å². The summed E-state index contributed by atoms with van der Waals surface area (Å²) >= 11 is 6.22. The molecule has 2 aromatic rings. The van der Waals surface area contributed by atoms with E-state index in [2.05, 4.69) is 5.32 Å². The molecule has 0 saturated carbocycles. The van der Waals surface area contributed by atoms with Gasteiger partial charge in [0.1, 0.15) is 11.9 Å². The normalized spacial score (nSPS) is 11.9. The van der Waals surface area contributed by atoms with Gasteiger partial charge >= 0.3 is 0 Å². The summed E-state index contributed by atoms with van der Waals surface area (Å²) in [6.45, 7) is 6.72. The smallest absolute Gasteiger partial charge is 0.242 e. The molecule has 1 atom stereocenters. The lowest BCUT2D eigenvalue weighted by atomic mass is 10.1. The molecule has 2 rings (SSSR count). The van der Waals surface area contributed by atoms with Crippen molar-refractivity contribution in [2.45, 2.75) is 52.6 Å². The molecule has 2 amide bonds. The average Bonchev–Trinajstić information content (AvgIpc) is 2.72. The Hall–Kier alpha value is -2.40. The van der Waals surface area contributed by atoms with Gasteiger partial charge in [-0.05, 0) is 48.1 Å². The second-order valence-corrected chi connectivity index (χ2v) is 8.21. The lowest BCUT2D eigenvalue weighted by Crippen LogP contribution is -2.49. The van der Waals surface area contributed by atoms with Gasteiger partial charge in [-0.2, -0.15) is 0 Å². The lowest BCUT2D eigenvalue weighted by Gasteiger charge is -2.31. The second kappa shape index (κ2) is 11.7. The van der Waals surface area contributed by atoms with Crippen LogP contribution in [0.25, 0.3) is 0 Å². The summed E-state index contributed by atoms with van der Waals surface area (Å²) < 4.78 is 13.3. The third-order valence-corrected chi connectivity index (χ3v) is 5.27.